The van der Waals surface area contributed by atoms with Crippen LogP contribution in [-0.4, -0.2) is 15.9 Å². The summed E-state index contributed by atoms with van der Waals surface area (Å²) in [5.74, 6) is 0. The molecule has 1 aromatic rings. The van der Waals surface area contributed by atoms with Crippen molar-refractivity contribution in [2.45, 2.75) is 11.8 Å². The Morgan fingerprint density at radius 1 is 1.46 bits per heavy atom. The standard InChI is InChI=1S/C6H8N2OS.C2H6O/c7-5-3-1-2-4-6(5)10(8)9;1-2-3/h1-4H,7-8H2;3H,2H2,1H3. The van der Waals surface area contributed by atoms with Crippen molar-refractivity contribution in [1.29, 1.82) is 0 Å². The Hall–Kier alpha value is -0.910. The van der Waals surface area contributed by atoms with Crippen LogP contribution in [0.4, 0.5) is 5.69 Å². The monoisotopic (exact) mass is 202 g/mol. The maximum atomic E-state index is 10.7. The third-order valence-corrected chi connectivity index (χ3v) is 1.94. The van der Waals surface area contributed by atoms with Gasteiger partial charge < -0.3 is 10.8 Å². The molecule has 0 aliphatic carbocycles. The van der Waals surface area contributed by atoms with Crippen molar-refractivity contribution in [1.82, 2.24) is 0 Å². The first-order valence-corrected chi connectivity index (χ1v) is 4.96. The lowest BCUT2D eigenvalue weighted by Crippen LogP contribution is -2.05. The van der Waals surface area contributed by atoms with Crippen molar-refractivity contribution >= 4 is 16.7 Å². The molecule has 5 N–H and O–H groups in total. The molecule has 5 heteroatoms. The lowest BCUT2D eigenvalue weighted by molar-refractivity contribution is 0.318. The smallest absolute Gasteiger partial charge is 0.124 e. The fourth-order valence-electron chi connectivity index (χ4n) is 0.664. The number of para-hydroxylation sites is 1. The van der Waals surface area contributed by atoms with Crippen molar-refractivity contribution < 1.29 is 9.32 Å². The molecule has 0 spiro atoms. The molecule has 1 unspecified atom stereocenters. The quantitative estimate of drug-likeness (QED) is 0.570. The molecule has 1 rings (SSSR count). The molecule has 0 aliphatic heterocycles. The highest BCUT2D eigenvalue weighted by molar-refractivity contribution is 7.82. The molecule has 0 fully saturated rings. The van der Waals surface area contributed by atoms with Gasteiger partial charge in [0, 0.05) is 12.3 Å². The van der Waals surface area contributed by atoms with Gasteiger partial charge in [0.1, 0.15) is 11.0 Å². The molecule has 1 atom stereocenters. The number of nitrogen functional groups attached to an aromatic ring is 1. The van der Waals surface area contributed by atoms with E-state index < -0.39 is 11.0 Å². The van der Waals surface area contributed by atoms with Gasteiger partial charge in [-0.15, -0.1) is 0 Å². The molecule has 4 nitrogen and oxygen atoms in total. The zero-order valence-electron chi connectivity index (χ0n) is 7.43. The topological polar surface area (TPSA) is 89.3 Å². The Balaban J connectivity index is 0.000000424. The highest BCUT2D eigenvalue weighted by atomic mass is 32.2. The van der Waals surface area contributed by atoms with Crippen LogP contribution in [0.3, 0.4) is 0 Å². The van der Waals surface area contributed by atoms with Crippen LogP contribution in [-0.2, 0) is 11.0 Å². The summed E-state index contributed by atoms with van der Waals surface area (Å²) >= 11 is 0. The van der Waals surface area contributed by atoms with E-state index in [1.165, 1.54) is 0 Å². The zero-order valence-corrected chi connectivity index (χ0v) is 8.25. The normalized spacial score (nSPS) is 11.3. The van der Waals surface area contributed by atoms with E-state index in [9.17, 15) is 4.21 Å². The van der Waals surface area contributed by atoms with Gasteiger partial charge in [0.05, 0.1) is 4.90 Å². The molecule has 0 bridgehead atoms. The Bertz CT molecular complexity index is 279. The van der Waals surface area contributed by atoms with Crippen molar-refractivity contribution in [2.75, 3.05) is 12.3 Å². The summed E-state index contributed by atoms with van der Waals surface area (Å²) in [4.78, 5) is 0.488. The van der Waals surface area contributed by atoms with E-state index >= 15 is 0 Å². The maximum absolute atomic E-state index is 10.7. The molecular weight excluding hydrogens is 188 g/mol. The summed E-state index contributed by atoms with van der Waals surface area (Å²) in [6.45, 7) is 1.93. The van der Waals surface area contributed by atoms with Gasteiger partial charge in [-0.2, -0.15) is 0 Å². The SMILES string of the molecule is CCO.Nc1ccccc1S(N)=O. The summed E-state index contributed by atoms with van der Waals surface area (Å²) in [6, 6.07) is 6.83. The first-order chi connectivity index (χ1) is 6.13. The van der Waals surface area contributed by atoms with Gasteiger partial charge in [0.2, 0.25) is 0 Å². The fourth-order valence-corrected chi connectivity index (χ4v) is 1.18. The van der Waals surface area contributed by atoms with Gasteiger partial charge >= 0.3 is 0 Å². The Morgan fingerprint density at radius 2 is 1.92 bits per heavy atom. The van der Waals surface area contributed by atoms with E-state index in [1.54, 1.807) is 31.2 Å². The van der Waals surface area contributed by atoms with Crippen LogP contribution in [0.1, 0.15) is 6.92 Å². The van der Waals surface area contributed by atoms with E-state index in [0.717, 1.165) is 0 Å². The molecule has 74 valence electrons. The van der Waals surface area contributed by atoms with E-state index in [-0.39, 0.29) is 6.61 Å². The number of hydrogen-bond acceptors (Lipinski definition) is 3. The zero-order chi connectivity index (χ0) is 10.3. The number of anilines is 1. The van der Waals surface area contributed by atoms with E-state index in [0.29, 0.717) is 10.6 Å². The Labute approximate surface area is 80.2 Å². The number of aliphatic hydroxyl groups excluding tert-OH is 1. The van der Waals surface area contributed by atoms with Crippen LogP contribution < -0.4 is 10.9 Å². The molecule has 0 saturated heterocycles. The predicted molar refractivity (Wildman–Crippen MR) is 54.2 cm³/mol. The Kier molecular flexibility index (Phi) is 6.13. The third-order valence-electron chi connectivity index (χ3n) is 1.14. The van der Waals surface area contributed by atoms with E-state index in [2.05, 4.69) is 0 Å². The van der Waals surface area contributed by atoms with Gasteiger partial charge in [-0.05, 0) is 19.1 Å². The van der Waals surface area contributed by atoms with Crippen LogP contribution in [0.25, 0.3) is 0 Å². The van der Waals surface area contributed by atoms with Crippen LogP contribution in [0.2, 0.25) is 0 Å². The van der Waals surface area contributed by atoms with Gasteiger partial charge in [0.25, 0.3) is 0 Å². The fraction of sp³-hybridized carbons (Fsp3) is 0.250. The van der Waals surface area contributed by atoms with Gasteiger partial charge in [-0.25, -0.2) is 9.35 Å². The average Bonchev–Trinajstić information content (AvgIpc) is 2.06. The highest BCUT2D eigenvalue weighted by Gasteiger charge is 1.99. The minimum absolute atomic E-state index is 0.250. The molecule has 0 saturated carbocycles. The number of aliphatic hydroxyl groups is 1. The van der Waals surface area contributed by atoms with Gasteiger partial charge in [0.15, 0.2) is 0 Å². The highest BCUT2D eigenvalue weighted by Crippen LogP contribution is 2.11. The second-order valence-corrected chi connectivity index (χ2v) is 3.19. The van der Waals surface area contributed by atoms with Crippen LogP contribution in [0.15, 0.2) is 29.2 Å². The average molecular weight is 202 g/mol. The largest absolute Gasteiger partial charge is 0.398 e. The molecular formula is C8H14N2O2S. The minimum Gasteiger partial charge on any atom is -0.398 e. The molecule has 0 aromatic heterocycles. The van der Waals surface area contributed by atoms with Crippen molar-refractivity contribution in [3.05, 3.63) is 24.3 Å². The summed E-state index contributed by atoms with van der Waals surface area (Å²) in [5, 5.41) is 12.7. The summed E-state index contributed by atoms with van der Waals surface area (Å²) in [7, 11) is -1.47. The van der Waals surface area contributed by atoms with Crippen LogP contribution >= 0.6 is 0 Å². The predicted octanol–water partition coefficient (Wildman–Crippen LogP) is 0.249. The lowest BCUT2D eigenvalue weighted by atomic mass is 10.3. The first-order valence-electron chi connectivity index (χ1n) is 3.75. The van der Waals surface area contributed by atoms with Crippen LogP contribution in [0.5, 0.6) is 0 Å². The maximum Gasteiger partial charge on any atom is 0.124 e. The van der Waals surface area contributed by atoms with Crippen molar-refractivity contribution in [2.24, 2.45) is 5.14 Å². The second kappa shape index (κ2) is 6.59. The van der Waals surface area contributed by atoms with Crippen molar-refractivity contribution in [3.8, 4) is 0 Å². The summed E-state index contributed by atoms with van der Waals surface area (Å²) < 4.78 is 10.7. The molecule has 0 heterocycles. The molecule has 0 radical (unpaired) electrons. The van der Waals surface area contributed by atoms with Crippen LogP contribution in [0, 0.1) is 0 Å². The number of hydrogen-bond donors (Lipinski definition) is 3. The number of rotatable bonds is 1. The van der Waals surface area contributed by atoms with Gasteiger partial charge in [-0.3, -0.25) is 0 Å². The Morgan fingerprint density at radius 3 is 2.23 bits per heavy atom. The molecule has 0 aliphatic rings. The summed E-state index contributed by atoms with van der Waals surface area (Å²) in [6.07, 6.45) is 0. The van der Waals surface area contributed by atoms with E-state index in [4.69, 9.17) is 16.0 Å². The third kappa shape index (κ3) is 4.62. The molecule has 1 aromatic carbocycles. The number of nitrogens with two attached hydrogens (primary N) is 2. The minimum atomic E-state index is -1.47. The second-order valence-electron chi connectivity index (χ2n) is 2.15. The first kappa shape index (κ1) is 12.1. The molecule has 0 amide bonds. The summed E-state index contributed by atoms with van der Waals surface area (Å²) in [5.41, 5.74) is 5.92. The molecule has 13 heavy (non-hydrogen) atoms. The number of benzene rings is 1. The lowest BCUT2D eigenvalue weighted by Gasteiger charge is -1.98. The van der Waals surface area contributed by atoms with Gasteiger partial charge in [-0.1, -0.05) is 12.1 Å². The van der Waals surface area contributed by atoms with E-state index in [1.807, 2.05) is 0 Å². The van der Waals surface area contributed by atoms with Crippen molar-refractivity contribution in [3.63, 3.8) is 0 Å².